The molecule has 3 amide bonds. The molecule has 3 aromatic rings. The molecule has 3 aromatic carbocycles. The van der Waals surface area contributed by atoms with Crippen LogP contribution >= 0.6 is 0 Å². The molecule has 7 nitrogen and oxygen atoms in total. The van der Waals surface area contributed by atoms with Crippen molar-refractivity contribution in [3.8, 4) is 5.75 Å². The average Bonchev–Trinajstić information content (AvgIpc) is 3.68. The summed E-state index contributed by atoms with van der Waals surface area (Å²) >= 11 is 0. The van der Waals surface area contributed by atoms with Gasteiger partial charge in [-0.3, -0.25) is 24.1 Å². The highest BCUT2D eigenvalue weighted by atomic mass is 16.5. The molecule has 2 saturated carbocycles. The SMILES string of the molecule is O=C(Oc1ccc(N2C(=O)[C@@H]3[C@H]4CC[C@@H](C4)[C@@H]3C2=O)cc1)[C@@H]1CC(=O)N(c2cccc3ccccc23)C1. The second-order valence-corrected chi connectivity index (χ2v) is 10.7. The van der Waals surface area contributed by atoms with Crippen LogP contribution in [0.4, 0.5) is 11.4 Å². The summed E-state index contributed by atoms with van der Waals surface area (Å²) in [5.74, 6) is -0.704. The van der Waals surface area contributed by atoms with Crippen molar-refractivity contribution in [2.75, 3.05) is 16.3 Å². The largest absolute Gasteiger partial charge is 0.426 e. The fourth-order valence-electron chi connectivity index (χ4n) is 7.07. The number of hydrogen-bond acceptors (Lipinski definition) is 5. The second kappa shape index (κ2) is 8.26. The van der Waals surface area contributed by atoms with Crippen LogP contribution in [0.1, 0.15) is 25.7 Å². The number of esters is 1. The Kier molecular flexibility index (Phi) is 4.96. The van der Waals surface area contributed by atoms with Crippen molar-refractivity contribution in [1.29, 1.82) is 0 Å². The maximum atomic E-state index is 13.1. The molecule has 2 heterocycles. The predicted molar refractivity (Wildman–Crippen MR) is 137 cm³/mol. The molecule has 0 aromatic heterocycles. The quantitative estimate of drug-likeness (QED) is 0.306. The number of ether oxygens (including phenoxy) is 1. The first-order valence-electron chi connectivity index (χ1n) is 13.0. The normalized spacial score (nSPS) is 28.4. The molecule has 7 rings (SSSR count). The van der Waals surface area contributed by atoms with Gasteiger partial charge in [0.25, 0.3) is 0 Å². The van der Waals surface area contributed by atoms with E-state index in [0.29, 0.717) is 23.3 Å². The van der Waals surface area contributed by atoms with E-state index < -0.39 is 11.9 Å². The van der Waals surface area contributed by atoms with E-state index in [1.165, 1.54) is 4.90 Å². The van der Waals surface area contributed by atoms with Crippen molar-refractivity contribution in [1.82, 2.24) is 0 Å². The van der Waals surface area contributed by atoms with Crippen LogP contribution in [-0.2, 0) is 19.2 Å². The molecular formula is C30H26N2O5. The minimum absolute atomic E-state index is 0.0853. The highest BCUT2D eigenvalue weighted by Crippen LogP contribution is 2.56. The van der Waals surface area contributed by atoms with Gasteiger partial charge < -0.3 is 9.64 Å². The predicted octanol–water partition coefficient (Wildman–Crippen LogP) is 4.33. The van der Waals surface area contributed by atoms with Gasteiger partial charge in [-0.15, -0.1) is 0 Å². The van der Waals surface area contributed by atoms with E-state index in [0.717, 1.165) is 35.7 Å². The smallest absolute Gasteiger partial charge is 0.316 e. The lowest BCUT2D eigenvalue weighted by molar-refractivity contribution is -0.139. The number of rotatable bonds is 4. The number of fused-ring (bicyclic) bond motifs is 6. The molecule has 2 bridgehead atoms. The van der Waals surface area contributed by atoms with Gasteiger partial charge in [0.1, 0.15) is 5.75 Å². The zero-order valence-electron chi connectivity index (χ0n) is 20.2. The number of carbonyl (C=O) groups excluding carboxylic acids is 4. The maximum Gasteiger partial charge on any atom is 0.316 e. The fraction of sp³-hybridized carbons (Fsp3) is 0.333. The number of imide groups is 1. The van der Waals surface area contributed by atoms with Gasteiger partial charge in [-0.1, -0.05) is 36.4 Å². The molecule has 186 valence electrons. The maximum absolute atomic E-state index is 13.1. The summed E-state index contributed by atoms with van der Waals surface area (Å²) in [4.78, 5) is 54.9. The van der Waals surface area contributed by atoms with E-state index in [4.69, 9.17) is 4.74 Å². The van der Waals surface area contributed by atoms with Gasteiger partial charge in [-0.2, -0.15) is 0 Å². The minimum atomic E-state index is -0.581. The highest BCUT2D eigenvalue weighted by molar-refractivity contribution is 6.22. The van der Waals surface area contributed by atoms with Gasteiger partial charge >= 0.3 is 5.97 Å². The van der Waals surface area contributed by atoms with E-state index >= 15 is 0 Å². The van der Waals surface area contributed by atoms with Crippen molar-refractivity contribution in [2.24, 2.45) is 29.6 Å². The van der Waals surface area contributed by atoms with E-state index in [-0.39, 0.29) is 42.5 Å². The third-order valence-corrected chi connectivity index (χ3v) is 8.76. The summed E-state index contributed by atoms with van der Waals surface area (Å²) < 4.78 is 5.60. The first-order chi connectivity index (χ1) is 18.0. The van der Waals surface area contributed by atoms with E-state index in [1.54, 1.807) is 29.2 Å². The van der Waals surface area contributed by atoms with E-state index in [1.807, 2.05) is 42.5 Å². The summed E-state index contributed by atoms with van der Waals surface area (Å²) in [6.07, 6.45) is 3.16. The number of amides is 3. The summed E-state index contributed by atoms with van der Waals surface area (Å²) in [6.45, 7) is 0.256. The average molecular weight is 495 g/mol. The molecule has 0 radical (unpaired) electrons. The lowest BCUT2D eigenvalue weighted by Crippen LogP contribution is -2.32. The van der Waals surface area contributed by atoms with Crippen LogP contribution < -0.4 is 14.5 Å². The van der Waals surface area contributed by atoms with Gasteiger partial charge in [-0.05, 0) is 66.8 Å². The summed E-state index contributed by atoms with van der Waals surface area (Å²) in [7, 11) is 0. The minimum Gasteiger partial charge on any atom is -0.426 e. The Labute approximate surface area is 214 Å². The number of benzene rings is 3. The lowest BCUT2D eigenvalue weighted by Gasteiger charge is -2.19. The molecule has 5 atom stereocenters. The van der Waals surface area contributed by atoms with Gasteiger partial charge in [-0.25, -0.2) is 0 Å². The molecule has 0 spiro atoms. The standard InChI is InChI=1S/C30H26N2O5/c33-25-15-20(16-31(25)24-7-3-5-17-4-1-2-6-23(17)24)30(36)37-22-12-10-21(11-13-22)32-28(34)26-18-8-9-19(14-18)27(26)29(32)35/h1-7,10-13,18-20,26-27H,8-9,14-16H2/t18-,19-,20+,26-,27+/m0/s1. The summed E-state index contributed by atoms with van der Waals surface area (Å²) in [5, 5.41) is 2.00. The third-order valence-electron chi connectivity index (χ3n) is 8.76. The van der Waals surface area contributed by atoms with Crippen LogP contribution in [-0.4, -0.2) is 30.2 Å². The van der Waals surface area contributed by atoms with Crippen LogP contribution in [0.15, 0.2) is 66.7 Å². The van der Waals surface area contributed by atoms with Gasteiger partial charge in [0.15, 0.2) is 0 Å². The monoisotopic (exact) mass is 494 g/mol. The molecule has 4 aliphatic rings. The van der Waals surface area contributed by atoms with Crippen LogP contribution in [0.25, 0.3) is 10.8 Å². The summed E-state index contributed by atoms with van der Waals surface area (Å²) in [5.41, 5.74) is 1.31. The Morgan fingerprint density at radius 1 is 0.811 bits per heavy atom. The molecule has 2 saturated heterocycles. The highest BCUT2D eigenvalue weighted by Gasteiger charge is 2.61. The number of carbonyl (C=O) groups is 4. The molecular weight excluding hydrogens is 468 g/mol. The molecule has 2 aliphatic carbocycles. The Morgan fingerprint density at radius 3 is 2.22 bits per heavy atom. The number of hydrogen-bond donors (Lipinski definition) is 0. The molecule has 7 heteroatoms. The molecule has 0 unspecified atom stereocenters. The Balaban J connectivity index is 1.05. The Morgan fingerprint density at radius 2 is 1.49 bits per heavy atom. The van der Waals surface area contributed by atoms with Crippen molar-refractivity contribution in [3.63, 3.8) is 0 Å². The van der Waals surface area contributed by atoms with Crippen molar-refractivity contribution < 1.29 is 23.9 Å². The van der Waals surface area contributed by atoms with E-state index in [9.17, 15) is 19.2 Å². The third kappa shape index (κ3) is 3.40. The first kappa shape index (κ1) is 22.2. The number of nitrogens with zero attached hydrogens (tertiary/aromatic N) is 2. The zero-order chi connectivity index (χ0) is 25.3. The van der Waals surface area contributed by atoms with E-state index in [2.05, 4.69) is 0 Å². The second-order valence-electron chi connectivity index (χ2n) is 10.7. The zero-order valence-corrected chi connectivity index (χ0v) is 20.2. The van der Waals surface area contributed by atoms with Gasteiger partial charge in [0.2, 0.25) is 17.7 Å². The van der Waals surface area contributed by atoms with Gasteiger partial charge in [0.05, 0.1) is 29.1 Å². The van der Waals surface area contributed by atoms with Crippen LogP contribution in [0.3, 0.4) is 0 Å². The Hall–Kier alpha value is -4.00. The number of anilines is 2. The van der Waals surface area contributed by atoms with Crippen LogP contribution in [0.2, 0.25) is 0 Å². The Bertz CT molecular complexity index is 1430. The van der Waals surface area contributed by atoms with Crippen molar-refractivity contribution in [2.45, 2.75) is 25.7 Å². The summed E-state index contributed by atoms with van der Waals surface area (Å²) in [6, 6.07) is 20.2. The molecule has 4 fully saturated rings. The van der Waals surface area contributed by atoms with Crippen molar-refractivity contribution >= 4 is 45.8 Å². The van der Waals surface area contributed by atoms with Crippen LogP contribution in [0.5, 0.6) is 5.75 Å². The molecule has 0 N–H and O–H groups in total. The van der Waals surface area contributed by atoms with Crippen LogP contribution in [0, 0.1) is 29.6 Å². The molecule has 37 heavy (non-hydrogen) atoms. The topological polar surface area (TPSA) is 84.0 Å². The van der Waals surface area contributed by atoms with Gasteiger partial charge in [0, 0.05) is 18.4 Å². The van der Waals surface area contributed by atoms with Crippen molar-refractivity contribution in [3.05, 3.63) is 66.7 Å². The first-order valence-corrected chi connectivity index (χ1v) is 13.0. The fourth-order valence-corrected chi connectivity index (χ4v) is 7.07. The lowest BCUT2D eigenvalue weighted by atomic mass is 9.81. The molecule has 2 aliphatic heterocycles.